The predicted molar refractivity (Wildman–Crippen MR) is 101 cm³/mol. The van der Waals surface area contributed by atoms with Crippen molar-refractivity contribution in [1.82, 2.24) is 5.32 Å². The maximum absolute atomic E-state index is 11.9. The summed E-state index contributed by atoms with van der Waals surface area (Å²) in [7, 11) is 0. The number of halogens is 1. The molecule has 0 aromatic heterocycles. The van der Waals surface area contributed by atoms with Gasteiger partial charge in [0.25, 0.3) is 0 Å². The zero-order chi connectivity index (χ0) is 18.8. The topological polar surface area (TPSA) is 76.7 Å². The fourth-order valence-corrected chi connectivity index (χ4v) is 2.19. The summed E-state index contributed by atoms with van der Waals surface area (Å²) in [6.07, 6.45) is 0.152. The molecule has 138 valence electrons. The zero-order valence-electron chi connectivity index (χ0n) is 14.5. The first-order chi connectivity index (χ1) is 12.6. The molecule has 0 radical (unpaired) electrons. The molecule has 2 amide bonds. The number of anilines is 1. The molecule has 7 heteroatoms. The van der Waals surface area contributed by atoms with E-state index in [2.05, 4.69) is 10.6 Å². The van der Waals surface area contributed by atoms with E-state index in [0.29, 0.717) is 23.1 Å². The van der Waals surface area contributed by atoms with E-state index in [1.807, 2.05) is 6.92 Å². The number of carbonyl (C=O) groups is 2. The summed E-state index contributed by atoms with van der Waals surface area (Å²) >= 11 is 5.78. The fourth-order valence-electron chi connectivity index (χ4n) is 2.07. The van der Waals surface area contributed by atoms with Crippen LogP contribution in [0.15, 0.2) is 48.5 Å². The van der Waals surface area contributed by atoms with Crippen molar-refractivity contribution in [1.29, 1.82) is 0 Å². The Hall–Kier alpha value is -2.73. The van der Waals surface area contributed by atoms with Gasteiger partial charge < -0.3 is 20.1 Å². The lowest BCUT2D eigenvalue weighted by Crippen LogP contribution is -2.33. The Morgan fingerprint density at radius 3 is 2.19 bits per heavy atom. The molecule has 0 aliphatic carbocycles. The van der Waals surface area contributed by atoms with Gasteiger partial charge in [-0.25, -0.2) is 0 Å². The molecular formula is C19H21ClN2O4. The lowest BCUT2D eigenvalue weighted by atomic mass is 10.3. The van der Waals surface area contributed by atoms with Gasteiger partial charge in [0.15, 0.2) is 0 Å². The number of hydrogen-bond acceptors (Lipinski definition) is 4. The Balaban J connectivity index is 1.64. The van der Waals surface area contributed by atoms with Gasteiger partial charge in [0.05, 0.1) is 26.2 Å². The van der Waals surface area contributed by atoms with Crippen molar-refractivity contribution in [3.63, 3.8) is 0 Å². The molecule has 26 heavy (non-hydrogen) atoms. The molecule has 0 saturated carbocycles. The van der Waals surface area contributed by atoms with Crippen LogP contribution in [0.4, 0.5) is 5.69 Å². The van der Waals surface area contributed by atoms with Crippen molar-refractivity contribution >= 4 is 29.1 Å². The smallest absolute Gasteiger partial charge is 0.243 e. The molecule has 0 saturated heterocycles. The van der Waals surface area contributed by atoms with Gasteiger partial charge in [-0.3, -0.25) is 9.59 Å². The number of hydrogen-bond donors (Lipinski definition) is 2. The molecule has 0 unspecified atom stereocenters. The van der Waals surface area contributed by atoms with Gasteiger partial charge in [-0.1, -0.05) is 11.6 Å². The number of benzene rings is 2. The molecule has 2 aromatic rings. The SMILES string of the molecule is CCOc1ccc(NC(=O)CNC(=O)CCOc2ccc(Cl)cc2)cc1. The predicted octanol–water partition coefficient (Wildman–Crippen LogP) is 3.26. The van der Waals surface area contributed by atoms with E-state index in [9.17, 15) is 9.59 Å². The van der Waals surface area contributed by atoms with Gasteiger partial charge in [0.2, 0.25) is 11.8 Å². The van der Waals surface area contributed by atoms with E-state index < -0.39 is 0 Å². The molecule has 0 spiro atoms. The van der Waals surface area contributed by atoms with Crippen molar-refractivity contribution in [2.24, 2.45) is 0 Å². The van der Waals surface area contributed by atoms with E-state index in [0.717, 1.165) is 5.75 Å². The van der Waals surface area contributed by atoms with Gasteiger partial charge in [-0.05, 0) is 55.5 Å². The molecule has 2 rings (SSSR count). The van der Waals surface area contributed by atoms with E-state index in [1.54, 1.807) is 48.5 Å². The Morgan fingerprint density at radius 2 is 1.54 bits per heavy atom. The second kappa shape index (κ2) is 10.3. The molecule has 2 aromatic carbocycles. The summed E-state index contributed by atoms with van der Waals surface area (Å²) in [6.45, 7) is 2.60. The number of rotatable bonds is 9. The highest BCUT2D eigenvalue weighted by atomic mass is 35.5. The number of ether oxygens (including phenoxy) is 2. The Labute approximate surface area is 157 Å². The van der Waals surface area contributed by atoms with Gasteiger partial charge in [-0.2, -0.15) is 0 Å². The average Bonchev–Trinajstić information content (AvgIpc) is 2.63. The third kappa shape index (κ3) is 7.03. The molecule has 0 aliphatic heterocycles. The fraction of sp³-hybridized carbons (Fsp3) is 0.263. The van der Waals surface area contributed by atoms with Crippen molar-refractivity contribution in [2.75, 3.05) is 25.1 Å². The highest BCUT2D eigenvalue weighted by Gasteiger charge is 2.07. The van der Waals surface area contributed by atoms with E-state index in [-0.39, 0.29) is 31.4 Å². The van der Waals surface area contributed by atoms with Gasteiger partial charge in [0.1, 0.15) is 11.5 Å². The molecule has 0 bridgehead atoms. The zero-order valence-corrected chi connectivity index (χ0v) is 15.2. The Bertz CT molecular complexity index is 717. The minimum Gasteiger partial charge on any atom is -0.494 e. The monoisotopic (exact) mass is 376 g/mol. The second-order valence-corrected chi connectivity index (χ2v) is 5.77. The van der Waals surface area contributed by atoms with Crippen LogP contribution >= 0.6 is 11.6 Å². The van der Waals surface area contributed by atoms with Crippen LogP contribution in [-0.4, -0.2) is 31.6 Å². The van der Waals surface area contributed by atoms with Gasteiger partial charge in [0, 0.05) is 10.7 Å². The van der Waals surface area contributed by atoms with Crippen LogP contribution in [0, 0.1) is 0 Å². The largest absolute Gasteiger partial charge is 0.494 e. The number of carbonyl (C=O) groups excluding carboxylic acids is 2. The first kappa shape index (κ1) is 19.6. The standard InChI is InChI=1S/C19H21ClN2O4/c1-2-25-16-9-5-15(6-10-16)22-19(24)13-21-18(23)11-12-26-17-7-3-14(20)4-8-17/h3-10H,2,11-13H2,1H3,(H,21,23)(H,22,24). The van der Waals surface area contributed by atoms with Crippen LogP contribution in [0.25, 0.3) is 0 Å². The van der Waals surface area contributed by atoms with Crippen molar-refractivity contribution < 1.29 is 19.1 Å². The second-order valence-electron chi connectivity index (χ2n) is 5.33. The highest BCUT2D eigenvalue weighted by Crippen LogP contribution is 2.16. The normalized spacial score (nSPS) is 10.1. The summed E-state index contributed by atoms with van der Waals surface area (Å²) in [4.78, 5) is 23.6. The minimum atomic E-state index is -0.305. The maximum Gasteiger partial charge on any atom is 0.243 e. The first-order valence-electron chi connectivity index (χ1n) is 8.24. The maximum atomic E-state index is 11.9. The Morgan fingerprint density at radius 1 is 0.923 bits per heavy atom. The summed E-state index contributed by atoms with van der Waals surface area (Å²) in [5, 5.41) is 5.87. The molecule has 0 fully saturated rings. The van der Waals surface area contributed by atoms with Crippen molar-refractivity contribution in [3.8, 4) is 11.5 Å². The van der Waals surface area contributed by atoms with E-state index in [1.165, 1.54) is 0 Å². The van der Waals surface area contributed by atoms with Crippen molar-refractivity contribution in [2.45, 2.75) is 13.3 Å². The molecular weight excluding hydrogens is 356 g/mol. The van der Waals surface area contributed by atoms with Crippen molar-refractivity contribution in [3.05, 3.63) is 53.6 Å². The summed E-state index contributed by atoms with van der Waals surface area (Å²) < 4.78 is 10.8. The molecule has 0 atom stereocenters. The third-order valence-corrected chi connectivity index (χ3v) is 3.56. The minimum absolute atomic E-state index is 0.104. The summed E-state index contributed by atoms with van der Waals surface area (Å²) in [5.41, 5.74) is 0.638. The molecule has 6 nitrogen and oxygen atoms in total. The van der Waals surface area contributed by atoms with Gasteiger partial charge in [-0.15, -0.1) is 0 Å². The lowest BCUT2D eigenvalue weighted by molar-refractivity contribution is -0.124. The van der Waals surface area contributed by atoms with E-state index >= 15 is 0 Å². The summed E-state index contributed by atoms with van der Waals surface area (Å²) in [6, 6.07) is 13.9. The molecule has 0 heterocycles. The van der Waals surface area contributed by atoms with Crippen LogP contribution in [-0.2, 0) is 9.59 Å². The average molecular weight is 377 g/mol. The molecule has 0 aliphatic rings. The van der Waals surface area contributed by atoms with Crippen LogP contribution < -0.4 is 20.1 Å². The van der Waals surface area contributed by atoms with Gasteiger partial charge >= 0.3 is 0 Å². The highest BCUT2D eigenvalue weighted by molar-refractivity contribution is 6.30. The molecule has 2 N–H and O–H groups in total. The number of nitrogens with one attached hydrogen (secondary N) is 2. The Kier molecular flexibility index (Phi) is 7.76. The van der Waals surface area contributed by atoms with Crippen LogP contribution in [0.2, 0.25) is 5.02 Å². The third-order valence-electron chi connectivity index (χ3n) is 3.31. The summed E-state index contributed by atoms with van der Waals surface area (Å²) in [5.74, 6) is 0.803. The van der Waals surface area contributed by atoms with E-state index in [4.69, 9.17) is 21.1 Å². The van der Waals surface area contributed by atoms with Crippen LogP contribution in [0.1, 0.15) is 13.3 Å². The van der Waals surface area contributed by atoms with Crippen LogP contribution in [0.5, 0.6) is 11.5 Å². The quantitative estimate of drug-likeness (QED) is 0.704. The lowest BCUT2D eigenvalue weighted by Gasteiger charge is -2.09. The first-order valence-corrected chi connectivity index (χ1v) is 8.62. The van der Waals surface area contributed by atoms with Crippen LogP contribution in [0.3, 0.4) is 0 Å². The number of amides is 2.